The number of halogens is 1. The molecule has 5 heteroatoms. The summed E-state index contributed by atoms with van der Waals surface area (Å²) in [5.41, 5.74) is -2.27. The molecule has 0 aromatic heterocycles. The van der Waals surface area contributed by atoms with Crippen molar-refractivity contribution in [2.75, 3.05) is 0 Å². The van der Waals surface area contributed by atoms with E-state index in [1.54, 1.807) is 0 Å². The molecule has 3 rings (SSSR count). The fourth-order valence-corrected chi connectivity index (χ4v) is 4.58. The Morgan fingerprint density at radius 1 is 1.32 bits per heavy atom. The van der Waals surface area contributed by atoms with Crippen LogP contribution >= 0.6 is 15.9 Å². The van der Waals surface area contributed by atoms with Crippen LogP contribution in [-0.2, 0) is 19.1 Å². The van der Waals surface area contributed by atoms with Crippen LogP contribution < -0.4 is 0 Å². The monoisotopic (exact) mass is 370 g/mol. The van der Waals surface area contributed by atoms with Gasteiger partial charge in [-0.2, -0.15) is 0 Å². The molecule has 1 aliphatic heterocycles. The number of allylic oxidation sites excluding steroid dienone is 1. The Kier molecular flexibility index (Phi) is 3.70. The van der Waals surface area contributed by atoms with Gasteiger partial charge >= 0.3 is 11.9 Å². The predicted molar refractivity (Wildman–Crippen MR) is 85.3 cm³/mol. The molecule has 22 heavy (non-hydrogen) atoms. The molecule has 3 aliphatic rings. The summed E-state index contributed by atoms with van der Waals surface area (Å²) >= 11 is 3.52. The zero-order valence-corrected chi connectivity index (χ0v) is 15.0. The minimum atomic E-state index is -1.13. The zero-order chi connectivity index (χ0) is 16.2. The van der Waals surface area contributed by atoms with Gasteiger partial charge in [-0.3, -0.25) is 4.79 Å². The van der Waals surface area contributed by atoms with E-state index in [1.807, 2.05) is 20.8 Å². The molecule has 2 fully saturated rings. The van der Waals surface area contributed by atoms with Crippen LogP contribution in [-0.4, -0.2) is 23.6 Å². The molecule has 2 aliphatic carbocycles. The SMILES string of the molecule is CC12CC[C@](C(=O)OC3CCCCC=C3Br)(OC1=O)C2(C)C. The van der Waals surface area contributed by atoms with Crippen molar-refractivity contribution < 1.29 is 19.1 Å². The fraction of sp³-hybridized carbons (Fsp3) is 0.765. The van der Waals surface area contributed by atoms with Crippen molar-refractivity contribution in [1.82, 2.24) is 0 Å². The molecule has 1 saturated carbocycles. The third-order valence-electron chi connectivity index (χ3n) is 6.23. The van der Waals surface area contributed by atoms with Gasteiger partial charge in [-0.05, 0) is 45.4 Å². The van der Waals surface area contributed by atoms with Crippen LogP contribution in [0.25, 0.3) is 0 Å². The summed E-state index contributed by atoms with van der Waals surface area (Å²) in [6, 6.07) is 0. The van der Waals surface area contributed by atoms with Crippen molar-refractivity contribution in [2.24, 2.45) is 10.8 Å². The quantitative estimate of drug-likeness (QED) is 0.692. The predicted octanol–water partition coefficient (Wildman–Crippen LogP) is 3.87. The molecular formula is C17H23BrO4. The molecule has 0 radical (unpaired) electrons. The molecule has 122 valence electrons. The van der Waals surface area contributed by atoms with Gasteiger partial charge in [0.25, 0.3) is 0 Å². The van der Waals surface area contributed by atoms with Crippen molar-refractivity contribution in [3.63, 3.8) is 0 Å². The maximum atomic E-state index is 12.9. The summed E-state index contributed by atoms with van der Waals surface area (Å²) in [5, 5.41) is 0. The van der Waals surface area contributed by atoms with E-state index < -0.39 is 16.4 Å². The number of hydrogen-bond acceptors (Lipinski definition) is 4. The standard InChI is InChI=1S/C17H23BrO4/c1-15(2)16(3)9-10-17(15,22-13(16)19)14(20)21-12-8-6-4-5-7-11(12)18/h7,12H,4-6,8-10H2,1-3H3/t12?,16?,17-/m1/s1. The first-order chi connectivity index (χ1) is 10.2. The maximum absolute atomic E-state index is 12.9. The molecule has 1 saturated heterocycles. The highest BCUT2D eigenvalue weighted by Gasteiger charge is 2.76. The van der Waals surface area contributed by atoms with Crippen LogP contribution in [0.4, 0.5) is 0 Å². The first-order valence-corrected chi connectivity index (χ1v) is 8.84. The number of carbonyl (C=O) groups excluding carboxylic acids is 2. The van der Waals surface area contributed by atoms with Gasteiger partial charge in [0, 0.05) is 9.90 Å². The molecule has 0 N–H and O–H groups in total. The molecular weight excluding hydrogens is 348 g/mol. The summed E-state index contributed by atoms with van der Waals surface area (Å²) in [6.45, 7) is 5.80. The number of carbonyl (C=O) groups is 2. The lowest BCUT2D eigenvalue weighted by Crippen LogP contribution is -2.49. The lowest BCUT2D eigenvalue weighted by molar-refractivity contribution is -0.185. The van der Waals surface area contributed by atoms with Gasteiger partial charge in [0.2, 0.25) is 5.60 Å². The molecule has 2 unspecified atom stereocenters. The third-order valence-corrected chi connectivity index (χ3v) is 7.06. The van der Waals surface area contributed by atoms with E-state index >= 15 is 0 Å². The van der Waals surface area contributed by atoms with Crippen molar-refractivity contribution in [3.05, 3.63) is 10.6 Å². The van der Waals surface area contributed by atoms with E-state index in [1.165, 1.54) is 0 Å². The van der Waals surface area contributed by atoms with Crippen molar-refractivity contribution in [3.8, 4) is 0 Å². The van der Waals surface area contributed by atoms with Gasteiger partial charge in [0.1, 0.15) is 6.10 Å². The van der Waals surface area contributed by atoms with Gasteiger partial charge in [-0.1, -0.05) is 35.9 Å². The Hall–Kier alpha value is -0.840. The molecule has 0 aromatic carbocycles. The number of rotatable bonds is 2. The highest BCUT2D eigenvalue weighted by Crippen LogP contribution is 2.65. The van der Waals surface area contributed by atoms with Crippen molar-refractivity contribution >= 4 is 27.9 Å². The smallest absolute Gasteiger partial charge is 0.351 e. The zero-order valence-electron chi connectivity index (χ0n) is 13.4. The highest BCUT2D eigenvalue weighted by atomic mass is 79.9. The maximum Gasteiger partial charge on any atom is 0.351 e. The Labute approximate surface area is 139 Å². The Morgan fingerprint density at radius 2 is 2.05 bits per heavy atom. The number of esters is 2. The Bertz CT molecular complexity index is 553. The van der Waals surface area contributed by atoms with Crippen LogP contribution in [0.2, 0.25) is 0 Å². The molecule has 0 spiro atoms. The van der Waals surface area contributed by atoms with Gasteiger partial charge in [-0.25, -0.2) is 4.79 Å². The average molecular weight is 371 g/mol. The lowest BCUT2D eigenvalue weighted by Gasteiger charge is -2.35. The van der Waals surface area contributed by atoms with Crippen LogP contribution in [0.5, 0.6) is 0 Å². The Morgan fingerprint density at radius 3 is 2.64 bits per heavy atom. The second kappa shape index (κ2) is 5.08. The summed E-state index contributed by atoms with van der Waals surface area (Å²) < 4.78 is 12.3. The van der Waals surface area contributed by atoms with Crippen LogP contribution in [0.3, 0.4) is 0 Å². The molecule has 0 amide bonds. The summed E-state index contributed by atoms with van der Waals surface area (Å²) in [6.07, 6.45) is 6.98. The van der Waals surface area contributed by atoms with Crippen molar-refractivity contribution in [1.29, 1.82) is 0 Å². The number of hydrogen-bond donors (Lipinski definition) is 0. The largest absolute Gasteiger partial charge is 0.454 e. The normalized spacial score (nSPS) is 39.9. The lowest BCUT2D eigenvalue weighted by atomic mass is 9.66. The van der Waals surface area contributed by atoms with E-state index in [4.69, 9.17) is 9.47 Å². The third kappa shape index (κ3) is 1.93. The molecule has 1 heterocycles. The van der Waals surface area contributed by atoms with Gasteiger partial charge in [0.15, 0.2) is 0 Å². The molecule has 4 nitrogen and oxygen atoms in total. The van der Waals surface area contributed by atoms with E-state index in [2.05, 4.69) is 22.0 Å². The van der Waals surface area contributed by atoms with Gasteiger partial charge < -0.3 is 9.47 Å². The second-order valence-electron chi connectivity index (χ2n) is 7.44. The van der Waals surface area contributed by atoms with Crippen LogP contribution in [0.15, 0.2) is 10.6 Å². The molecule has 0 aromatic rings. The average Bonchev–Trinajstić information content (AvgIpc) is 2.67. The van der Waals surface area contributed by atoms with E-state index in [0.717, 1.165) is 30.2 Å². The van der Waals surface area contributed by atoms with E-state index in [9.17, 15) is 9.59 Å². The van der Waals surface area contributed by atoms with Gasteiger partial charge in [-0.15, -0.1) is 0 Å². The van der Waals surface area contributed by atoms with Crippen LogP contribution in [0, 0.1) is 10.8 Å². The number of fused-ring (bicyclic) bond motifs is 2. The fourth-order valence-electron chi connectivity index (χ4n) is 4.03. The summed E-state index contributed by atoms with van der Waals surface area (Å²) in [4.78, 5) is 25.2. The minimum absolute atomic E-state index is 0.258. The topological polar surface area (TPSA) is 52.6 Å². The first-order valence-electron chi connectivity index (χ1n) is 8.05. The molecule has 2 bridgehead atoms. The van der Waals surface area contributed by atoms with Crippen LogP contribution in [0.1, 0.15) is 59.3 Å². The Balaban J connectivity index is 1.85. The van der Waals surface area contributed by atoms with E-state index in [0.29, 0.717) is 12.8 Å². The summed E-state index contributed by atoms with van der Waals surface area (Å²) in [5.74, 6) is -0.652. The first kappa shape index (κ1) is 16.0. The highest BCUT2D eigenvalue weighted by molar-refractivity contribution is 9.11. The minimum Gasteiger partial charge on any atom is -0.454 e. The second-order valence-corrected chi connectivity index (χ2v) is 8.36. The van der Waals surface area contributed by atoms with Gasteiger partial charge in [0.05, 0.1) is 5.41 Å². The van der Waals surface area contributed by atoms with Crippen molar-refractivity contribution in [2.45, 2.75) is 71.0 Å². The summed E-state index contributed by atoms with van der Waals surface area (Å²) in [7, 11) is 0. The van der Waals surface area contributed by atoms with E-state index in [-0.39, 0.29) is 18.0 Å². The number of ether oxygens (including phenoxy) is 2. The molecule has 3 atom stereocenters.